The molecule has 3 aromatic rings. The number of hydrogen-bond donors (Lipinski definition) is 1. The van der Waals surface area contributed by atoms with Gasteiger partial charge in [-0.15, -0.1) is 11.3 Å². The lowest BCUT2D eigenvalue weighted by molar-refractivity contribution is 0.326. The molecule has 7 nitrogen and oxygen atoms in total. The topological polar surface area (TPSA) is 78.4 Å². The van der Waals surface area contributed by atoms with Crippen molar-refractivity contribution >= 4 is 32.9 Å². The fraction of sp³-hybridized carbons (Fsp3) is 0.333. The van der Waals surface area contributed by atoms with Gasteiger partial charge >= 0.3 is 0 Å². The molecule has 0 unspecified atom stereocenters. The summed E-state index contributed by atoms with van der Waals surface area (Å²) < 4.78 is 27.6. The summed E-state index contributed by atoms with van der Waals surface area (Å²) in [6, 6.07) is 12.5. The summed E-state index contributed by atoms with van der Waals surface area (Å²) in [6.07, 6.45) is 2.72. The van der Waals surface area contributed by atoms with E-state index in [4.69, 9.17) is 0 Å². The summed E-state index contributed by atoms with van der Waals surface area (Å²) in [5, 5.41) is 1.65. The number of rotatable bonds is 7. The number of benzene rings is 1. The number of nitrogens with zero attached hydrogens (tertiary/aromatic N) is 4. The van der Waals surface area contributed by atoms with Crippen LogP contribution >= 0.6 is 11.3 Å². The van der Waals surface area contributed by atoms with Crippen molar-refractivity contribution in [3.63, 3.8) is 0 Å². The number of aromatic nitrogens is 2. The normalized spacial score (nSPS) is 17.2. The largest absolute Gasteiger partial charge is 0.369 e. The number of thiazole rings is 1. The summed E-state index contributed by atoms with van der Waals surface area (Å²) in [5.74, 6) is 0.310. The van der Waals surface area contributed by atoms with Crippen LogP contribution in [0.25, 0.3) is 0 Å². The van der Waals surface area contributed by atoms with Crippen LogP contribution in [-0.4, -0.2) is 49.5 Å². The minimum absolute atomic E-state index is 0.00211. The van der Waals surface area contributed by atoms with Gasteiger partial charge < -0.3 is 4.90 Å². The highest BCUT2D eigenvalue weighted by molar-refractivity contribution is 7.92. The molecular formula is C21H25N5O2S2. The van der Waals surface area contributed by atoms with Crippen molar-refractivity contribution in [1.29, 1.82) is 0 Å². The zero-order valence-corrected chi connectivity index (χ0v) is 18.7. The fourth-order valence-electron chi connectivity index (χ4n) is 3.80. The molecule has 3 heterocycles. The zero-order valence-electron chi connectivity index (χ0n) is 17.0. The van der Waals surface area contributed by atoms with Crippen LogP contribution in [-0.2, 0) is 16.6 Å². The van der Waals surface area contributed by atoms with Gasteiger partial charge in [0.25, 0.3) is 10.0 Å². The van der Waals surface area contributed by atoms with Crippen molar-refractivity contribution in [2.45, 2.75) is 31.0 Å². The zero-order chi connectivity index (χ0) is 21.1. The molecule has 1 atom stereocenters. The van der Waals surface area contributed by atoms with E-state index in [1.54, 1.807) is 23.2 Å². The number of pyridine rings is 1. The molecule has 1 aromatic carbocycles. The highest BCUT2D eigenvalue weighted by atomic mass is 32.2. The molecule has 0 aliphatic carbocycles. The van der Waals surface area contributed by atoms with Crippen LogP contribution in [0, 0.1) is 6.92 Å². The van der Waals surface area contributed by atoms with E-state index < -0.39 is 10.0 Å². The first-order valence-electron chi connectivity index (χ1n) is 9.79. The standard InChI is InChI=1S/C21H25N5O2S2/c1-16-10-21(30(27,28)24-20-14-29-15-23-20)22-11-19(16)25(2)18-8-9-26(13-18)12-17-6-4-3-5-7-17/h3-7,10-11,14-15,18,24H,8-9,12-13H2,1-2H3/t18-/m0/s1. The third kappa shape index (κ3) is 4.63. The number of hydrogen-bond acceptors (Lipinski definition) is 7. The molecule has 1 aliphatic heterocycles. The Morgan fingerprint density at radius 2 is 2.07 bits per heavy atom. The van der Waals surface area contributed by atoms with E-state index in [2.05, 4.69) is 55.8 Å². The first kappa shape index (κ1) is 20.8. The molecule has 158 valence electrons. The quantitative estimate of drug-likeness (QED) is 0.603. The van der Waals surface area contributed by atoms with Crippen molar-refractivity contribution in [3.8, 4) is 0 Å². The van der Waals surface area contributed by atoms with Gasteiger partial charge in [-0.1, -0.05) is 30.3 Å². The molecule has 0 amide bonds. The monoisotopic (exact) mass is 443 g/mol. The third-order valence-electron chi connectivity index (χ3n) is 5.43. The molecule has 1 N–H and O–H groups in total. The van der Waals surface area contributed by atoms with Gasteiger partial charge in [-0.2, -0.15) is 8.42 Å². The second-order valence-electron chi connectivity index (χ2n) is 7.56. The van der Waals surface area contributed by atoms with Gasteiger partial charge in [0.15, 0.2) is 10.8 Å². The maximum absolute atomic E-state index is 12.6. The Labute approximate surface area is 181 Å². The van der Waals surface area contributed by atoms with Crippen molar-refractivity contribution in [2.75, 3.05) is 29.8 Å². The van der Waals surface area contributed by atoms with E-state index in [-0.39, 0.29) is 5.03 Å². The molecule has 1 saturated heterocycles. The Bertz CT molecular complexity index is 1090. The van der Waals surface area contributed by atoms with Crippen LogP contribution in [0.1, 0.15) is 17.5 Å². The number of likely N-dealkylation sites (tertiary alicyclic amines) is 1. The van der Waals surface area contributed by atoms with Crippen molar-refractivity contribution in [1.82, 2.24) is 14.9 Å². The van der Waals surface area contributed by atoms with E-state index in [1.165, 1.54) is 16.9 Å². The average molecular weight is 444 g/mol. The molecule has 0 spiro atoms. The Kier molecular flexibility index (Phi) is 6.03. The molecular weight excluding hydrogens is 418 g/mol. The van der Waals surface area contributed by atoms with Crippen molar-refractivity contribution < 1.29 is 8.42 Å². The Morgan fingerprint density at radius 1 is 1.27 bits per heavy atom. The first-order chi connectivity index (χ1) is 14.4. The van der Waals surface area contributed by atoms with Crippen LogP contribution < -0.4 is 9.62 Å². The lowest BCUT2D eigenvalue weighted by atomic mass is 10.1. The molecule has 0 bridgehead atoms. The Balaban J connectivity index is 1.44. The van der Waals surface area contributed by atoms with Crippen LogP contribution in [0.2, 0.25) is 0 Å². The molecule has 2 aromatic heterocycles. The average Bonchev–Trinajstić information content (AvgIpc) is 3.40. The summed E-state index contributed by atoms with van der Waals surface area (Å²) in [6.45, 7) is 4.88. The summed E-state index contributed by atoms with van der Waals surface area (Å²) in [5.41, 5.74) is 4.74. The van der Waals surface area contributed by atoms with Crippen molar-refractivity contribution in [2.24, 2.45) is 0 Å². The van der Waals surface area contributed by atoms with E-state index >= 15 is 0 Å². The lowest BCUT2D eigenvalue weighted by Gasteiger charge is -2.28. The van der Waals surface area contributed by atoms with Gasteiger partial charge in [0.1, 0.15) is 0 Å². The molecule has 0 radical (unpaired) electrons. The van der Waals surface area contributed by atoms with Crippen molar-refractivity contribution in [3.05, 3.63) is 64.6 Å². The highest BCUT2D eigenvalue weighted by Crippen LogP contribution is 2.27. The number of sulfonamides is 1. The second kappa shape index (κ2) is 8.71. The highest BCUT2D eigenvalue weighted by Gasteiger charge is 2.27. The predicted molar refractivity (Wildman–Crippen MR) is 120 cm³/mol. The van der Waals surface area contributed by atoms with Gasteiger partial charge in [-0.25, -0.2) is 9.97 Å². The molecule has 1 fully saturated rings. The number of aryl methyl sites for hydroxylation is 1. The number of nitrogens with one attached hydrogen (secondary N) is 1. The van der Waals surface area contributed by atoms with Crippen LogP contribution in [0.4, 0.5) is 11.5 Å². The van der Waals surface area contributed by atoms with E-state index in [9.17, 15) is 8.42 Å². The molecule has 1 aliphatic rings. The second-order valence-corrected chi connectivity index (χ2v) is 9.91. The van der Waals surface area contributed by atoms with E-state index in [1.807, 2.05) is 13.0 Å². The molecule has 4 rings (SSSR count). The first-order valence-corrected chi connectivity index (χ1v) is 12.2. The fourth-order valence-corrected chi connectivity index (χ4v) is 5.38. The van der Waals surface area contributed by atoms with E-state index in [0.717, 1.165) is 37.3 Å². The number of anilines is 2. The van der Waals surface area contributed by atoms with Crippen LogP contribution in [0.15, 0.2) is 58.5 Å². The maximum Gasteiger partial charge on any atom is 0.280 e. The maximum atomic E-state index is 12.6. The van der Waals surface area contributed by atoms with Gasteiger partial charge in [0.05, 0.1) is 17.4 Å². The smallest absolute Gasteiger partial charge is 0.280 e. The van der Waals surface area contributed by atoms with Crippen LogP contribution in [0.3, 0.4) is 0 Å². The predicted octanol–water partition coefficient (Wildman–Crippen LogP) is 3.36. The molecule has 9 heteroatoms. The minimum atomic E-state index is -3.75. The van der Waals surface area contributed by atoms with Gasteiger partial charge in [-0.05, 0) is 30.5 Å². The summed E-state index contributed by atoms with van der Waals surface area (Å²) >= 11 is 1.33. The van der Waals surface area contributed by atoms with Gasteiger partial charge in [0, 0.05) is 38.1 Å². The van der Waals surface area contributed by atoms with Gasteiger partial charge in [0.2, 0.25) is 0 Å². The Hall–Kier alpha value is -2.49. The van der Waals surface area contributed by atoms with Gasteiger partial charge in [-0.3, -0.25) is 9.62 Å². The summed E-state index contributed by atoms with van der Waals surface area (Å²) in [4.78, 5) is 12.9. The SMILES string of the molecule is Cc1cc(S(=O)(=O)Nc2cscn2)ncc1N(C)[C@H]1CCN(Cc2ccccc2)C1. The third-order valence-corrected chi connectivity index (χ3v) is 7.27. The molecule has 30 heavy (non-hydrogen) atoms. The van der Waals surface area contributed by atoms with Crippen LogP contribution in [0.5, 0.6) is 0 Å². The lowest BCUT2D eigenvalue weighted by Crippen LogP contribution is -2.35. The Morgan fingerprint density at radius 3 is 2.77 bits per heavy atom. The van der Waals surface area contributed by atoms with E-state index in [0.29, 0.717) is 11.9 Å². The summed E-state index contributed by atoms with van der Waals surface area (Å²) in [7, 11) is -1.70. The number of likely N-dealkylation sites (N-methyl/N-ethyl adjacent to an activating group) is 1. The molecule has 0 saturated carbocycles. The minimum Gasteiger partial charge on any atom is -0.369 e.